The molecule has 138 valence electrons. The molecule has 0 radical (unpaired) electrons. The molecule has 2 heterocycles. The van der Waals surface area contributed by atoms with Crippen molar-refractivity contribution in [2.75, 3.05) is 24.5 Å². The average molecular weight is 455 g/mol. The largest absolute Gasteiger partial charge is 0.357 e. The van der Waals surface area contributed by atoms with Gasteiger partial charge >= 0.3 is 0 Å². The van der Waals surface area contributed by atoms with E-state index in [1.54, 1.807) is 0 Å². The Morgan fingerprint density at radius 3 is 2.72 bits per heavy atom. The summed E-state index contributed by atoms with van der Waals surface area (Å²) < 4.78 is 0. The molecule has 1 aromatic heterocycles. The van der Waals surface area contributed by atoms with E-state index in [-0.39, 0.29) is 24.0 Å². The van der Waals surface area contributed by atoms with Crippen molar-refractivity contribution in [1.29, 1.82) is 0 Å². The summed E-state index contributed by atoms with van der Waals surface area (Å²) in [5, 5.41) is 6.86. The van der Waals surface area contributed by atoms with E-state index in [1.165, 1.54) is 24.8 Å². The molecule has 5 nitrogen and oxygen atoms in total. The summed E-state index contributed by atoms with van der Waals surface area (Å²) in [5.74, 6) is 2.00. The maximum Gasteiger partial charge on any atom is 0.191 e. The third kappa shape index (κ3) is 6.17. The smallest absolute Gasteiger partial charge is 0.191 e. The fourth-order valence-electron chi connectivity index (χ4n) is 3.27. The topological polar surface area (TPSA) is 52.6 Å². The lowest BCUT2D eigenvalue weighted by atomic mass is 10.1. The average Bonchev–Trinajstić information content (AvgIpc) is 3.14. The van der Waals surface area contributed by atoms with Crippen LogP contribution in [0.4, 0.5) is 5.82 Å². The zero-order chi connectivity index (χ0) is 16.6. The van der Waals surface area contributed by atoms with Gasteiger partial charge in [-0.3, -0.25) is 0 Å². The van der Waals surface area contributed by atoms with Gasteiger partial charge in [-0.25, -0.2) is 9.98 Å². The Hall–Kier alpha value is -1.31. The number of hydrogen-bond donors (Lipinski definition) is 2. The minimum absolute atomic E-state index is 0. The molecule has 0 unspecified atom stereocenters. The number of aliphatic imine (C=N–C) groups is 1. The number of guanidine groups is 1. The van der Waals surface area contributed by atoms with E-state index in [2.05, 4.69) is 51.7 Å². The van der Waals surface area contributed by atoms with Gasteiger partial charge in [0.1, 0.15) is 5.82 Å². The molecule has 1 aliphatic carbocycles. The lowest BCUT2D eigenvalue weighted by Crippen LogP contribution is -2.42. The molecule has 3 rings (SSSR count). The first kappa shape index (κ1) is 20.0. The first-order chi connectivity index (χ1) is 11.8. The highest BCUT2D eigenvalue weighted by molar-refractivity contribution is 14.0. The SMILES string of the molecule is CCNC(=NCc1ccnc(N2CCCCC2)c1)NC1CC=CC1.I. The Bertz CT molecular complexity index is 573. The van der Waals surface area contributed by atoms with Gasteiger partial charge in [0.05, 0.1) is 6.54 Å². The van der Waals surface area contributed by atoms with Crippen LogP contribution in [-0.4, -0.2) is 36.6 Å². The third-order valence-electron chi connectivity index (χ3n) is 4.60. The second kappa shape index (κ2) is 10.6. The van der Waals surface area contributed by atoms with Crippen LogP contribution in [0.2, 0.25) is 0 Å². The molecule has 1 fully saturated rings. The highest BCUT2D eigenvalue weighted by Gasteiger charge is 2.13. The Morgan fingerprint density at radius 1 is 1.24 bits per heavy atom. The number of nitrogens with one attached hydrogen (secondary N) is 2. The fourth-order valence-corrected chi connectivity index (χ4v) is 3.27. The van der Waals surface area contributed by atoms with Crippen molar-refractivity contribution in [2.45, 2.75) is 51.6 Å². The zero-order valence-electron chi connectivity index (χ0n) is 15.1. The third-order valence-corrected chi connectivity index (χ3v) is 4.60. The van der Waals surface area contributed by atoms with E-state index < -0.39 is 0 Å². The predicted molar refractivity (Wildman–Crippen MR) is 116 cm³/mol. The van der Waals surface area contributed by atoms with Crippen molar-refractivity contribution in [1.82, 2.24) is 15.6 Å². The molecule has 0 atom stereocenters. The summed E-state index contributed by atoms with van der Waals surface area (Å²) in [6, 6.07) is 4.73. The highest BCUT2D eigenvalue weighted by atomic mass is 127. The van der Waals surface area contributed by atoms with Gasteiger partial charge in [-0.1, -0.05) is 12.2 Å². The molecule has 0 amide bonds. The predicted octanol–water partition coefficient (Wildman–Crippen LogP) is 3.46. The van der Waals surface area contributed by atoms with Crippen LogP contribution in [0.15, 0.2) is 35.5 Å². The van der Waals surface area contributed by atoms with Crippen molar-refractivity contribution >= 4 is 35.8 Å². The highest BCUT2D eigenvalue weighted by Crippen LogP contribution is 2.18. The standard InChI is InChI=1S/C19H29N5.HI/c1-2-20-19(23-17-8-4-5-9-17)22-15-16-10-11-21-18(14-16)24-12-6-3-7-13-24;/h4-5,10-11,14,17H,2-3,6-9,12-13,15H2,1H3,(H2,20,22,23);1H. The number of aromatic nitrogens is 1. The van der Waals surface area contributed by atoms with Crippen molar-refractivity contribution < 1.29 is 0 Å². The van der Waals surface area contributed by atoms with Gasteiger partial charge in [-0.05, 0) is 56.7 Å². The van der Waals surface area contributed by atoms with E-state index >= 15 is 0 Å². The van der Waals surface area contributed by atoms with E-state index in [1.807, 2.05) is 6.20 Å². The second-order valence-corrected chi connectivity index (χ2v) is 6.55. The number of rotatable bonds is 5. The second-order valence-electron chi connectivity index (χ2n) is 6.55. The summed E-state index contributed by atoms with van der Waals surface area (Å²) >= 11 is 0. The Morgan fingerprint density at radius 2 is 2.00 bits per heavy atom. The number of hydrogen-bond acceptors (Lipinski definition) is 3. The Balaban J connectivity index is 0.00000225. The molecule has 6 heteroatoms. The summed E-state index contributed by atoms with van der Waals surface area (Å²) in [6.45, 7) is 5.91. The van der Waals surface area contributed by atoms with E-state index in [0.717, 1.165) is 44.3 Å². The van der Waals surface area contributed by atoms with Gasteiger partial charge in [0.15, 0.2) is 5.96 Å². The first-order valence-electron chi connectivity index (χ1n) is 9.25. The summed E-state index contributed by atoms with van der Waals surface area (Å²) in [6.07, 6.45) is 12.4. The van der Waals surface area contributed by atoms with Gasteiger partial charge in [0, 0.05) is 31.9 Å². The molecule has 1 saturated heterocycles. The molecular formula is C19H30IN5. The monoisotopic (exact) mass is 455 g/mol. The normalized spacial score (nSPS) is 18.1. The van der Waals surface area contributed by atoms with Crippen molar-refractivity contribution in [2.24, 2.45) is 4.99 Å². The van der Waals surface area contributed by atoms with Crippen LogP contribution in [0.5, 0.6) is 0 Å². The summed E-state index contributed by atoms with van der Waals surface area (Å²) in [4.78, 5) is 11.7. The molecule has 0 aromatic carbocycles. The van der Waals surface area contributed by atoms with E-state index in [9.17, 15) is 0 Å². The number of pyridine rings is 1. The van der Waals surface area contributed by atoms with Gasteiger partial charge in [0.2, 0.25) is 0 Å². The number of piperidine rings is 1. The maximum atomic E-state index is 4.75. The lowest BCUT2D eigenvalue weighted by molar-refractivity contribution is 0.573. The van der Waals surface area contributed by atoms with Gasteiger partial charge in [-0.15, -0.1) is 24.0 Å². The molecule has 0 saturated carbocycles. The molecular weight excluding hydrogens is 425 g/mol. The fraction of sp³-hybridized carbons (Fsp3) is 0.579. The Labute approximate surface area is 168 Å². The number of nitrogens with zero attached hydrogens (tertiary/aromatic N) is 3. The molecule has 25 heavy (non-hydrogen) atoms. The van der Waals surface area contributed by atoms with Crippen molar-refractivity contribution in [3.05, 3.63) is 36.0 Å². The molecule has 1 aromatic rings. The zero-order valence-corrected chi connectivity index (χ0v) is 17.4. The summed E-state index contributed by atoms with van der Waals surface area (Å²) in [7, 11) is 0. The van der Waals surface area contributed by atoms with Gasteiger partial charge in [-0.2, -0.15) is 0 Å². The van der Waals surface area contributed by atoms with Crippen LogP contribution < -0.4 is 15.5 Å². The van der Waals surface area contributed by atoms with Crippen LogP contribution >= 0.6 is 24.0 Å². The van der Waals surface area contributed by atoms with E-state index in [0.29, 0.717) is 12.6 Å². The van der Waals surface area contributed by atoms with Crippen LogP contribution in [-0.2, 0) is 6.54 Å². The number of halogens is 1. The number of anilines is 1. The van der Waals surface area contributed by atoms with Crippen molar-refractivity contribution in [3.63, 3.8) is 0 Å². The quantitative estimate of drug-likeness (QED) is 0.309. The van der Waals surface area contributed by atoms with Crippen molar-refractivity contribution in [3.8, 4) is 0 Å². The molecule has 2 aliphatic rings. The van der Waals surface area contributed by atoms with Crippen LogP contribution in [0.25, 0.3) is 0 Å². The molecule has 2 N–H and O–H groups in total. The first-order valence-corrected chi connectivity index (χ1v) is 9.25. The molecule has 0 spiro atoms. The van der Waals surface area contributed by atoms with Gasteiger partial charge in [0.25, 0.3) is 0 Å². The lowest BCUT2D eigenvalue weighted by Gasteiger charge is -2.27. The van der Waals surface area contributed by atoms with Crippen LogP contribution in [0, 0.1) is 0 Å². The van der Waals surface area contributed by atoms with Crippen LogP contribution in [0.1, 0.15) is 44.6 Å². The van der Waals surface area contributed by atoms with Gasteiger partial charge < -0.3 is 15.5 Å². The molecule has 0 bridgehead atoms. The minimum Gasteiger partial charge on any atom is -0.357 e. The molecule has 1 aliphatic heterocycles. The minimum atomic E-state index is 0. The summed E-state index contributed by atoms with van der Waals surface area (Å²) in [5.41, 5.74) is 1.22. The van der Waals surface area contributed by atoms with E-state index in [4.69, 9.17) is 4.99 Å². The Kier molecular flexibility index (Phi) is 8.51. The van der Waals surface area contributed by atoms with Crippen LogP contribution in [0.3, 0.4) is 0 Å². The maximum absolute atomic E-state index is 4.75.